The SMILES string of the molecule is FC(F)(F)c1ccc(Cl)c(CC2CNCCN2)c1. The van der Waals surface area contributed by atoms with Crippen LogP contribution < -0.4 is 10.6 Å². The van der Waals surface area contributed by atoms with E-state index in [-0.39, 0.29) is 6.04 Å². The van der Waals surface area contributed by atoms with E-state index in [1.807, 2.05) is 0 Å². The van der Waals surface area contributed by atoms with E-state index in [9.17, 15) is 13.2 Å². The summed E-state index contributed by atoms with van der Waals surface area (Å²) >= 11 is 5.95. The Morgan fingerprint density at radius 1 is 1.28 bits per heavy atom. The average Bonchev–Trinajstić information content (AvgIpc) is 2.32. The summed E-state index contributed by atoms with van der Waals surface area (Å²) in [7, 11) is 0. The molecule has 0 radical (unpaired) electrons. The van der Waals surface area contributed by atoms with Crippen molar-refractivity contribution in [3.8, 4) is 0 Å². The van der Waals surface area contributed by atoms with Gasteiger partial charge in [-0.15, -0.1) is 0 Å². The van der Waals surface area contributed by atoms with E-state index in [0.717, 1.165) is 31.8 Å². The molecule has 2 rings (SSSR count). The van der Waals surface area contributed by atoms with E-state index in [0.29, 0.717) is 17.0 Å². The fourth-order valence-corrected chi connectivity index (χ4v) is 2.23. The summed E-state index contributed by atoms with van der Waals surface area (Å²) < 4.78 is 37.8. The number of alkyl halides is 3. The van der Waals surface area contributed by atoms with Gasteiger partial charge in [0.05, 0.1) is 5.56 Å². The van der Waals surface area contributed by atoms with Gasteiger partial charge >= 0.3 is 6.18 Å². The van der Waals surface area contributed by atoms with Crippen LogP contribution in [0.4, 0.5) is 13.2 Å². The molecule has 0 aliphatic carbocycles. The maximum Gasteiger partial charge on any atom is 0.416 e. The van der Waals surface area contributed by atoms with E-state index < -0.39 is 11.7 Å². The molecule has 1 heterocycles. The lowest BCUT2D eigenvalue weighted by atomic mass is 10.0. The van der Waals surface area contributed by atoms with Crippen LogP contribution in [0.2, 0.25) is 5.02 Å². The Bertz CT molecular complexity index is 414. The Labute approximate surface area is 109 Å². The van der Waals surface area contributed by atoms with Crippen molar-refractivity contribution in [1.29, 1.82) is 0 Å². The minimum absolute atomic E-state index is 0.125. The molecule has 1 aliphatic heterocycles. The molecule has 0 spiro atoms. The van der Waals surface area contributed by atoms with Crippen molar-refractivity contribution in [3.05, 3.63) is 34.3 Å². The number of hydrogen-bond donors (Lipinski definition) is 2. The van der Waals surface area contributed by atoms with Crippen LogP contribution in [0.5, 0.6) is 0 Å². The molecule has 0 amide bonds. The predicted molar refractivity (Wildman–Crippen MR) is 64.8 cm³/mol. The van der Waals surface area contributed by atoms with Gasteiger partial charge in [-0.25, -0.2) is 0 Å². The van der Waals surface area contributed by atoms with Crippen LogP contribution in [0, 0.1) is 0 Å². The number of benzene rings is 1. The highest BCUT2D eigenvalue weighted by Gasteiger charge is 2.31. The highest BCUT2D eigenvalue weighted by Crippen LogP contribution is 2.32. The summed E-state index contributed by atoms with van der Waals surface area (Å²) in [5.74, 6) is 0. The number of hydrogen-bond acceptors (Lipinski definition) is 2. The standard InChI is InChI=1S/C12H14ClF3N2/c13-11-2-1-9(12(14,15)16)5-8(11)6-10-7-17-3-4-18-10/h1-2,5,10,17-18H,3-4,6-7H2. The first-order valence-corrected chi connectivity index (χ1v) is 6.14. The summed E-state index contributed by atoms with van der Waals surface area (Å²) in [6, 6.07) is 3.59. The number of nitrogens with one attached hydrogen (secondary N) is 2. The van der Waals surface area contributed by atoms with Crippen molar-refractivity contribution in [2.24, 2.45) is 0 Å². The first-order chi connectivity index (χ1) is 8.47. The van der Waals surface area contributed by atoms with Crippen LogP contribution in [-0.2, 0) is 12.6 Å². The molecule has 0 aromatic heterocycles. The third kappa shape index (κ3) is 3.37. The third-order valence-corrected chi connectivity index (χ3v) is 3.33. The van der Waals surface area contributed by atoms with Gasteiger partial charge in [-0.05, 0) is 30.2 Å². The van der Waals surface area contributed by atoms with Crippen LogP contribution in [0.15, 0.2) is 18.2 Å². The maximum atomic E-state index is 12.6. The molecule has 1 aliphatic rings. The van der Waals surface area contributed by atoms with Gasteiger partial charge in [0, 0.05) is 30.7 Å². The van der Waals surface area contributed by atoms with E-state index >= 15 is 0 Å². The molecule has 1 unspecified atom stereocenters. The summed E-state index contributed by atoms with van der Waals surface area (Å²) in [5.41, 5.74) is -0.113. The molecule has 2 N–H and O–H groups in total. The van der Waals surface area contributed by atoms with Gasteiger partial charge in [0.1, 0.15) is 0 Å². The zero-order valence-corrected chi connectivity index (χ0v) is 10.4. The highest BCUT2D eigenvalue weighted by atomic mass is 35.5. The van der Waals surface area contributed by atoms with Crippen molar-refractivity contribution in [1.82, 2.24) is 10.6 Å². The molecule has 1 aromatic rings. The van der Waals surface area contributed by atoms with Crippen molar-refractivity contribution in [2.45, 2.75) is 18.6 Å². The minimum atomic E-state index is -4.32. The quantitative estimate of drug-likeness (QED) is 0.868. The second-order valence-corrected chi connectivity index (χ2v) is 4.77. The van der Waals surface area contributed by atoms with Gasteiger partial charge in [-0.2, -0.15) is 13.2 Å². The van der Waals surface area contributed by atoms with Crippen molar-refractivity contribution in [2.75, 3.05) is 19.6 Å². The van der Waals surface area contributed by atoms with E-state index in [1.54, 1.807) is 0 Å². The predicted octanol–water partition coefficient (Wildman–Crippen LogP) is 2.46. The van der Waals surface area contributed by atoms with Crippen molar-refractivity contribution >= 4 is 11.6 Å². The number of halogens is 4. The monoisotopic (exact) mass is 278 g/mol. The topological polar surface area (TPSA) is 24.1 Å². The lowest BCUT2D eigenvalue weighted by molar-refractivity contribution is -0.137. The van der Waals surface area contributed by atoms with E-state index in [2.05, 4.69) is 10.6 Å². The summed E-state index contributed by atoms with van der Waals surface area (Å²) in [6.45, 7) is 2.45. The molecule has 1 saturated heterocycles. The van der Waals surface area contributed by atoms with Gasteiger partial charge in [0.15, 0.2) is 0 Å². The number of piperazine rings is 1. The van der Waals surface area contributed by atoms with Crippen LogP contribution >= 0.6 is 11.6 Å². The Balaban J connectivity index is 2.15. The third-order valence-electron chi connectivity index (χ3n) is 2.96. The Hall–Kier alpha value is -0.780. The van der Waals surface area contributed by atoms with Crippen LogP contribution in [-0.4, -0.2) is 25.7 Å². The molecule has 1 fully saturated rings. The van der Waals surface area contributed by atoms with Crippen LogP contribution in [0.25, 0.3) is 0 Å². The molecule has 1 aromatic carbocycles. The Morgan fingerprint density at radius 2 is 2.06 bits per heavy atom. The second-order valence-electron chi connectivity index (χ2n) is 4.36. The first kappa shape index (κ1) is 13.6. The molecular weight excluding hydrogens is 265 g/mol. The normalized spacial score (nSPS) is 21.0. The molecule has 2 nitrogen and oxygen atoms in total. The average molecular weight is 279 g/mol. The lowest BCUT2D eigenvalue weighted by Crippen LogP contribution is -2.49. The van der Waals surface area contributed by atoms with Gasteiger partial charge in [-0.1, -0.05) is 11.6 Å². The minimum Gasteiger partial charge on any atom is -0.314 e. The Kier molecular flexibility index (Phi) is 4.14. The lowest BCUT2D eigenvalue weighted by Gasteiger charge is -2.25. The molecule has 100 valence electrons. The molecule has 0 saturated carbocycles. The van der Waals surface area contributed by atoms with Gasteiger partial charge in [-0.3, -0.25) is 0 Å². The fourth-order valence-electron chi connectivity index (χ4n) is 2.03. The first-order valence-electron chi connectivity index (χ1n) is 5.76. The molecule has 6 heteroatoms. The molecule has 18 heavy (non-hydrogen) atoms. The molecule has 0 bridgehead atoms. The highest BCUT2D eigenvalue weighted by molar-refractivity contribution is 6.31. The van der Waals surface area contributed by atoms with Gasteiger partial charge in [0.25, 0.3) is 0 Å². The van der Waals surface area contributed by atoms with Crippen molar-refractivity contribution < 1.29 is 13.2 Å². The summed E-state index contributed by atoms with van der Waals surface area (Å²) in [6.07, 6.45) is -3.83. The van der Waals surface area contributed by atoms with Crippen LogP contribution in [0.3, 0.4) is 0 Å². The van der Waals surface area contributed by atoms with E-state index in [1.165, 1.54) is 6.07 Å². The Morgan fingerprint density at radius 3 is 2.67 bits per heavy atom. The maximum absolute atomic E-state index is 12.6. The van der Waals surface area contributed by atoms with Crippen LogP contribution in [0.1, 0.15) is 11.1 Å². The second kappa shape index (κ2) is 5.47. The molecular formula is C12H14ClF3N2. The summed E-state index contributed by atoms with van der Waals surface area (Å²) in [5, 5.41) is 6.83. The smallest absolute Gasteiger partial charge is 0.314 e. The van der Waals surface area contributed by atoms with Crippen molar-refractivity contribution in [3.63, 3.8) is 0 Å². The zero-order valence-electron chi connectivity index (χ0n) is 9.65. The fraction of sp³-hybridized carbons (Fsp3) is 0.500. The van der Waals surface area contributed by atoms with Gasteiger partial charge in [0.2, 0.25) is 0 Å². The molecule has 1 atom stereocenters. The summed E-state index contributed by atoms with van der Waals surface area (Å²) in [4.78, 5) is 0. The number of rotatable bonds is 2. The largest absolute Gasteiger partial charge is 0.416 e. The zero-order chi connectivity index (χ0) is 13.2. The van der Waals surface area contributed by atoms with E-state index in [4.69, 9.17) is 11.6 Å². The van der Waals surface area contributed by atoms with Gasteiger partial charge < -0.3 is 10.6 Å².